The van der Waals surface area contributed by atoms with Crippen LogP contribution in [0, 0.1) is 16.0 Å². The van der Waals surface area contributed by atoms with Gasteiger partial charge in [-0.2, -0.15) is 0 Å². The summed E-state index contributed by atoms with van der Waals surface area (Å²) >= 11 is 0. The van der Waals surface area contributed by atoms with E-state index in [1.807, 2.05) is 36.4 Å². The van der Waals surface area contributed by atoms with Gasteiger partial charge in [-0.25, -0.2) is 0 Å². The van der Waals surface area contributed by atoms with Crippen molar-refractivity contribution >= 4 is 22.2 Å². The summed E-state index contributed by atoms with van der Waals surface area (Å²) in [6.07, 6.45) is 0. The number of benzene rings is 4. The standard InChI is InChI=1S/C26H17NO5/c28-25-19-7-3-4-8-20(19)26(29)24(25)22(16-9-12-17(13-10-16)27(30)31)23-18-6-2-1-5-15(18)11-14-21(23)32-26/h1-14,22,24,29H/t22-,24-,26+/m1/s1. The summed E-state index contributed by atoms with van der Waals surface area (Å²) in [5.41, 5.74) is 2.36. The fourth-order valence-corrected chi connectivity index (χ4v) is 5.20. The average molecular weight is 423 g/mol. The summed E-state index contributed by atoms with van der Waals surface area (Å²) in [6, 6.07) is 24.7. The zero-order chi connectivity index (χ0) is 22.0. The second kappa shape index (κ2) is 6.48. The number of rotatable bonds is 2. The predicted molar refractivity (Wildman–Crippen MR) is 118 cm³/mol. The lowest BCUT2D eigenvalue weighted by molar-refractivity contribution is -0.384. The number of hydrogen-bond donors (Lipinski definition) is 1. The highest BCUT2D eigenvalue weighted by Crippen LogP contribution is 2.57. The summed E-state index contributed by atoms with van der Waals surface area (Å²) in [5.74, 6) is -2.99. The Bertz CT molecular complexity index is 1430. The van der Waals surface area contributed by atoms with Gasteiger partial charge in [0.25, 0.3) is 5.69 Å². The minimum absolute atomic E-state index is 0.0322. The van der Waals surface area contributed by atoms with E-state index in [4.69, 9.17) is 4.74 Å². The Morgan fingerprint density at radius 1 is 0.906 bits per heavy atom. The summed E-state index contributed by atoms with van der Waals surface area (Å²) in [6.45, 7) is 0. The first-order valence-electron chi connectivity index (χ1n) is 10.3. The van der Waals surface area contributed by atoms with Crippen LogP contribution in [0.1, 0.15) is 33.0 Å². The molecule has 0 saturated heterocycles. The molecule has 1 heterocycles. The molecule has 1 aliphatic carbocycles. The zero-order valence-corrected chi connectivity index (χ0v) is 16.8. The van der Waals surface area contributed by atoms with Crippen molar-refractivity contribution in [1.29, 1.82) is 0 Å². The highest BCUT2D eigenvalue weighted by atomic mass is 16.6. The molecule has 6 nitrogen and oxygen atoms in total. The molecule has 6 heteroatoms. The van der Waals surface area contributed by atoms with Gasteiger partial charge in [-0.05, 0) is 22.4 Å². The number of carbonyl (C=O) groups is 1. The van der Waals surface area contributed by atoms with Gasteiger partial charge in [-0.1, -0.05) is 66.7 Å². The van der Waals surface area contributed by atoms with Crippen molar-refractivity contribution < 1.29 is 19.6 Å². The minimum atomic E-state index is -1.82. The van der Waals surface area contributed by atoms with E-state index < -0.39 is 22.5 Å². The Balaban J connectivity index is 1.66. The lowest BCUT2D eigenvalue weighted by Crippen LogP contribution is -2.46. The van der Waals surface area contributed by atoms with Crippen molar-refractivity contribution in [2.75, 3.05) is 0 Å². The van der Waals surface area contributed by atoms with Crippen LogP contribution in [0.15, 0.2) is 84.9 Å². The van der Waals surface area contributed by atoms with Crippen LogP contribution >= 0.6 is 0 Å². The van der Waals surface area contributed by atoms with Crippen LogP contribution in [-0.2, 0) is 5.79 Å². The molecule has 0 radical (unpaired) electrons. The van der Waals surface area contributed by atoms with Crippen molar-refractivity contribution in [1.82, 2.24) is 0 Å². The molecule has 3 atom stereocenters. The Kier molecular flexibility index (Phi) is 3.79. The minimum Gasteiger partial charge on any atom is -0.457 e. The van der Waals surface area contributed by atoms with Gasteiger partial charge in [-0.3, -0.25) is 14.9 Å². The van der Waals surface area contributed by atoms with Crippen LogP contribution < -0.4 is 4.74 Å². The molecule has 2 aliphatic rings. The molecule has 32 heavy (non-hydrogen) atoms. The molecular weight excluding hydrogens is 406 g/mol. The molecule has 1 N–H and O–H groups in total. The fourth-order valence-electron chi connectivity index (χ4n) is 5.20. The van der Waals surface area contributed by atoms with Gasteiger partial charge in [-0.15, -0.1) is 0 Å². The van der Waals surface area contributed by atoms with Gasteiger partial charge >= 0.3 is 0 Å². The zero-order valence-electron chi connectivity index (χ0n) is 16.8. The highest BCUT2D eigenvalue weighted by Gasteiger charge is 2.60. The highest BCUT2D eigenvalue weighted by molar-refractivity contribution is 6.05. The molecular formula is C26H17NO5. The molecule has 6 rings (SSSR count). The molecule has 1 aliphatic heterocycles. The largest absolute Gasteiger partial charge is 0.457 e. The van der Waals surface area contributed by atoms with Gasteiger partial charge in [0.2, 0.25) is 5.79 Å². The van der Waals surface area contributed by atoms with Crippen LogP contribution in [0.3, 0.4) is 0 Å². The van der Waals surface area contributed by atoms with E-state index >= 15 is 0 Å². The molecule has 0 amide bonds. The van der Waals surface area contributed by atoms with E-state index in [0.717, 1.165) is 16.3 Å². The number of ketones is 1. The first-order chi connectivity index (χ1) is 15.5. The number of aliphatic hydroxyl groups is 1. The molecule has 4 aromatic rings. The van der Waals surface area contributed by atoms with Crippen LogP contribution in [-0.4, -0.2) is 15.8 Å². The number of Topliss-reactive ketones (excluding diaryl/α,β-unsaturated/α-hetero) is 1. The second-order valence-corrected chi connectivity index (χ2v) is 8.21. The maximum atomic E-state index is 13.6. The number of nitro groups is 1. The number of hydrogen-bond acceptors (Lipinski definition) is 5. The third kappa shape index (κ3) is 2.41. The van der Waals surface area contributed by atoms with E-state index in [2.05, 4.69) is 0 Å². The molecule has 4 aromatic carbocycles. The molecule has 0 unspecified atom stereocenters. The number of fused-ring (bicyclic) bond motifs is 6. The molecule has 0 saturated carbocycles. The third-order valence-electron chi connectivity index (χ3n) is 6.59. The smallest absolute Gasteiger partial charge is 0.269 e. The van der Waals surface area contributed by atoms with Crippen LogP contribution in [0.25, 0.3) is 10.8 Å². The van der Waals surface area contributed by atoms with Crippen molar-refractivity contribution in [3.63, 3.8) is 0 Å². The van der Waals surface area contributed by atoms with Crippen molar-refractivity contribution in [3.8, 4) is 5.75 Å². The van der Waals surface area contributed by atoms with Crippen LogP contribution in [0.2, 0.25) is 0 Å². The Morgan fingerprint density at radius 3 is 2.41 bits per heavy atom. The number of carbonyl (C=O) groups excluding carboxylic acids is 1. The van der Waals surface area contributed by atoms with Gasteiger partial charge in [0.1, 0.15) is 11.7 Å². The van der Waals surface area contributed by atoms with Crippen LogP contribution in [0.4, 0.5) is 5.69 Å². The molecule has 0 fully saturated rings. The SMILES string of the molecule is O=C1c2ccccc2[C@]2(O)Oc3ccc4ccccc4c3[C@@H](c3ccc([N+](=O)[O-])cc3)[C@H]12. The maximum absolute atomic E-state index is 13.6. The first kappa shape index (κ1) is 18.7. The number of nitrogens with zero attached hydrogens (tertiary/aromatic N) is 1. The fraction of sp³-hybridized carbons (Fsp3) is 0.115. The van der Waals surface area contributed by atoms with Crippen molar-refractivity contribution in [3.05, 3.63) is 117 Å². The molecule has 0 bridgehead atoms. The van der Waals surface area contributed by atoms with Crippen molar-refractivity contribution in [2.24, 2.45) is 5.92 Å². The number of non-ortho nitro benzene ring substituents is 1. The van der Waals surface area contributed by atoms with E-state index in [1.165, 1.54) is 12.1 Å². The summed E-state index contributed by atoms with van der Waals surface area (Å²) in [4.78, 5) is 24.3. The van der Waals surface area contributed by atoms with Crippen molar-refractivity contribution in [2.45, 2.75) is 11.7 Å². The molecule has 156 valence electrons. The Morgan fingerprint density at radius 2 is 1.62 bits per heavy atom. The Labute approximate surface area is 182 Å². The summed E-state index contributed by atoms with van der Waals surface area (Å²) < 4.78 is 6.19. The van der Waals surface area contributed by atoms with E-state index in [9.17, 15) is 20.0 Å². The van der Waals surface area contributed by atoms with Gasteiger partial charge in [0.15, 0.2) is 5.78 Å². The summed E-state index contributed by atoms with van der Waals surface area (Å²) in [5, 5.41) is 24.9. The van der Waals surface area contributed by atoms with Gasteiger partial charge < -0.3 is 9.84 Å². The topological polar surface area (TPSA) is 89.7 Å². The number of ether oxygens (including phenoxy) is 1. The number of nitro benzene ring substituents is 1. The third-order valence-corrected chi connectivity index (χ3v) is 6.59. The van der Waals surface area contributed by atoms with E-state index in [0.29, 0.717) is 22.4 Å². The summed E-state index contributed by atoms with van der Waals surface area (Å²) in [7, 11) is 0. The maximum Gasteiger partial charge on any atom is 0.269 e. The second-order valence-electron chi connectivity index (χ2n) is 8.21. The lowest BCUT2D eigenvalue weighted by atomic mass is 9.72. The van der Waals surface area contributed by atoms with E-state index in [-0.39, 0.29) is 11.5 Å². The normalized spacial score (nSPS) is 23.2. The molecule has 0 aromatic heterocycles. The monoisotopic (exact) mass is 423 g/mol. The van der Waals surface area contributed by atoms with Gasteiger partial charge in [0.05, 0.1) is 4.92 Å². The lowest BCUT2D eigenvalue weighted by Gasteiger charge is -2.41. The van der Waals surface area contributed by atoms with Crippen LogP contribution in [0.5, 0.6) is 5.75 Å². The van der Waals surface area contributed by atoms with E-state index in [1.54, 1.807) is 36.4 Å². The quantitative estimate of drug-likeness (QED) is 0.365. The Hall–Kier alpha value is -4.03. The predicted octanol–water partition coefficient (Wildman–Crippen LogP) is 4.93. The van der Waals surface area contributed by atoms with Gasteiger partial charge in [0, 0.05) is 34.7 Å². The first-order valence-corrected chi connectivity index (χ1v) is 10.3. The average Bonchev–Trinajstić information content (AvgIpc) is 3.04. The molecule has 0 spiro atoms.